The van der Waals surface area contributed by atoms with Crippen LogP contribution in [0.1, 0.15) is 38.5 Å². The molecule has 0 bridgehead atoms. The number of nitrogens with zero attached hydrogens (tertiary/aromatic N) is 1. The lowest BCUT2D eigenvalue weighted by molar-refractivity contribution is 0.0474. The second-order valence-electron chi connectivity index (χ2n) is 7.87. The lowest BCUT2D eigenvalue weighted by atomic mass is 10.1. The van der Waals surface area contributed by atoms with Gasteiger partial charge in [-0.1, -0.05) is 0 Å². The van der Waals surface area contributed by atoms with Crippen molar-refractivity contribution >= 4 is 21.8 Å². The zero-order valence-electron chi connectivity index (χ0n) is 18.7. The smallest absolute Gasteiger partial charge is 0.338 e. The summed E-state index contributed by atoms with van der Waals surface area (Å²) in [4.78, 5) is 25.3. The van der Waals surface area contributed by atoms with Gasteiger partial charge < -0.3 is 18.8 Å². The molecule has 1 aromatic heterocycles. The topological polar surface area (TPSA) is 127 Å². The molecular weight excluding hydrogens is 460 g/mol. The zero-order valence-corrected chi connectivity index (χ0v) is 19.6. The van der Waals surface area contributed by atoms with Gasteiger partial charge in [-0.15, -0.1) is 0 Å². The minimum absolute atomic E-state index is 0.00307. The van der Waals surface area contributed by atoms with Crippen LogP contribution in [-0.4, -0.2) is 44.6 Å². The second-order valence-corrected chi connectivity index (χ2v) is 9.43. The number of hydrogen-bond donors (Lipinski definition) is 1. The first kappa shape index (κ1) is 23.5. The molecule has 0 amide bonds. The van der Waals surface area contributed by atoms with Gasteiger partial charge in [0.1, 0.15) is 0 Å². The van der Waals surface area contributed by atoms with E-state index < -0.39 is 22.6 Å². The summed E-state index contributed by atoms with van der Waals surface area (Å²) in [5.74, 6) is 0.0320. The average molecular weight is 485 g/mol. The largest absolute Gasteiger partial charge is 0.490 e. The molecule has 3 aromatic rings. The first-order chi connectivity index (χ1) is 16.1. The molecule has 4 rings (SSSR count). The van der Waals surface area contributed by atoms with Crippen molar-refractivity contribution in [1.82, 2.24) is 4.57 Å². The monoisotopic (exact) mass is 484 g/mol. The summed E-state index contributed by atoms with van der Waals surface area (Å²) in [6.07, 6.45) is 0.748. The molecule has 0 fully saturated rings. The van der Waals surface area contributed by atoms with Gasteiger partial charge in [-0.2, -0.15) is 0 Å². The molecule has 0 radical (unpaired) electrons. The Labute approximate surface area is 197 Å². The summed E-state index contributed by atoms with van der Waals surface area (Å²) in [6, 6.07) is 12.5. The second kappa shape index (κ2) is 9.32. The summed E-state index contributed by atoms with van der Waals surface area (Å²) < 4.78 is 41.2. The number of aryl methyl sites for hydroxylation is 1. The molecule has 2 N–H and O–H groups in total. The third-order valence-corrected chi connectivity index (χ3v) is 6.40. The number of aromatic nitrogens is 1. The number of benzene rings is 2. The third-order valence-electron chi connectivity index (χ3n) is 5.47. The Morgan fingerprint density at radius 1 is 1.00 bits per heavy atom. The van der Waals surface area contributed by atoms with E-state index in [0.717, 1.165) is 12.1 Å². The van der Waals surface area contributed by atoms with Crippen molar-refractivity contribution in [2.75, 3.05) is 19.8 Å². The fraction of sp³-hybridized carbons (Fsp3) is 0.250. The minimum atomic E-state index is -3.80. The predicted octanol–water partition coefficient (Wildman–Crippen LogP) is 2.94. The molecule has 0 aliphatic carbocycles. The molecule has 1 aliphatic rings. The van der Waals surface area contributed by atoms with Crippen molar-refractivity contribution in [1.29, 1.82) is 0 Å². The molecule has 2 aromatic carbocycles. The first-order valence-electron chi connectivity index (χ1n) is 10.6. The van der Waals surface area contributed by atoms with E-state index >= 15 is 0 Å². The molecule has 0 spiro atoms. The number of ether oxygens (including phenoxy) is 3. The number of nitrogens with two attached hydrogens (primary N) is 1. The van der Waals surface area contributed by atoms with Crippen molar-refractivity contribution in [2.24, 2.45) is 5.14 Å². The standard InChI is InChI=1S/C24H24N2O7S/c1-15-12-20(16(2)26(15)18-5-7-19(8-6-18)34(25,29)30)21(27)14-33-24(28)17-4-9-22-23(13-17)32-11-3-10-31-22/h4-9,12-13H,3,10-11,14H2,1-2H3,(H2,25,29,30). The van der Waals surface area contributed by atoms with Crippen molar-refractivity contribution < 1.29 is 32.2 Å². The number of hydrogen-bond acceptors (Lipinski definition) is 7. The number of Topliss-reactive ketones (excluding diaryl/α,β-unsaturated/α-hetero) is 1. The molecule has 0 unspecified atom stereocenters. The predicted molar refractivity (Wildman–Crippen MR) is 123 cm³/mol. The van der Waals surface area contributed by atoms with Crippen LogP contribution in [0, 0.1) is 13.8 Å². The van der Waals surface area contributed by atoms with E-state index in [1.807, 2.05) is 11.5 Å². The summed E-state index contributed by atoms with van der Waals surface area (Å²) in [5, 5.41) is 5.16. The summed E-state index contributed by atoms with van der Waals surface area (Å²) in [6.45, 7) is 4.19. The highest BCUT2D eigenvalue weighted by Crippen LogP contribution is 2.30. The lowest BCUT2D eigenvalue weighted by Crippen LogP contribution is -2.15. The Hall–Kier alpha value is -3.63. The van der Waals surface area contributed by atoms with E-state index in [-0.39, 0.29) is 16.2 Å². The van der Waals surface area contributed by atoms with Crippen LogP contribution in [0.2, 0.25) is 0 Å². The summed E-state index contributed by atoms with van der Waals surface area (Å²) >= 11 is 0. The Kier molecular flexibility index (Phi) is 6.45. The maximum absolute atomic E-state index is 12.8. The van der Waals surface area contributed by atoms with Crippen LogP contribution < -0.4 is 14.6 Å². The molecule has 0 saturated heterocycles. The molecule has 9 nitrogen and oxygen atoms in total. The highest BCUT2D eigenvalue weighted by Gasteiger charge is 2.20. The van der Waals surface area contributed by atoms with E-state index in [4.69, 9.17) is 19.3 Å². The van der Waals surface area contributed by atoms with E-state index in [9.17, 15) is 18.0 Å². The fourth-order valence-electron chi connectivity index (χ4n) is 3.81. The lowest BCUT2D eigenvalue weighted by Gasteiger charge is -2.11. The van der Waals surface area contributed by atoms with Gasteiger partial charge in [0.25, 0.3) is 0 Å². The Balaban J connectivity index is 1.48. The Bertz CT molecular complexity index is 1360. The van der Waals surface area contributed by atoms with E-state index in [1.165, 1.54) is 12.1 Å². The van der Waals surface area contributed by atoms with Crippen molar-refractivity contribution in [3.63, 3.8) is 0 Å². The van der Waals surface area contributed by atoms with Crippen molar-refractivity contribution in [3.8, 4) is 17.2 Å². The fourth-order valence-corrected chi connectivity index (χ4v) is 4.33. The number of esters is 1. The van der Waals surface area contributed by atoms with Crippen LogP contribution in [0.5, 0.6) is 11.5 Å². The quantitative estimate of drug-likeness (QED) is 0.421. The molecular formula is C24H24N2O7S. The van der Waals surface area contributed by atoms with Crippen LogP contribution in [-0.2, 0) is 14.8 Å². The number of rotatable bonds is 6. The van der Waals surface area contributed by atoms with E-state index in [1.54, 1.807) is 43.3 Å². The number of sulfonamides is 1. The van der Waals surface area contributed by atoms with E-state index in [2.05, 4.69) is 0 Å². The van der Waals surface area contributed by atoms with Crippen molar-refractivity contribution in [3.05, 3.63) is 71.0 Å². The van der Waals surface area contributed by atoms with Gasteiger partial charge in [0, 0.05) is 29.1 Å². The average Bonchev–Trinajstić information content (AvgIpc) is 2.96. The van der Waals surface area contributed by atoms with Crippen LogP contribution in [0.3, 0.4) is 0 Å². The number of carbonyl (C=O) groups is 2. The molecule has 0 saturated carbocycles. The van der Waals surface area contributed by atoms with Gasteiger partial charge in [-0.05, 0) is 62.4 Å². The van der Waals surface area contributed by atoms with Gasteiger partial charge in [-0.25, -0.2) is 18.4 Å². The van der Waals surface area contributed by atoms with Gasteiger partial charge >= 0.3 is 5.97 Å². The van der Waals surface area contributed by atoms with Crippen LogP contribution in [0.4, 0.5) is 0 Å². The number of ketones is 1. The van der Waals surface area contributed by atoms with Gasteiger partial charge in [0.15, 0.2) is 18.1 Å². The molecule has 1 aliphatic heterocycles. The first-order valence-corrected chi connectivity index (χ1v) is 12.1. The van der Waals surface area contributed by atoms with Gasteiger partial charge in [-0.3, -0.25) is 4.79 Å². The summed E-state index contributed by atoms with van der Waals surface area (Å²) in [5.41, 5.74) is 2.73. The Morgan fingerprint density at radius 3 is 2.35 bits per heavy atom. The van der Waals surface area contributed by atoms with Gasteiger partial charge in [0.05, 0.1) is 23.7 Å². The number of primary sulfonamides is 1. The zero-order chi connectivity index (χ0) is 24.5. The molecule has 34 heavy (non-hydrogen) atoms. The Morgan fingerprint density at radius 2 is 1.68 bits per heavy atom. The van der Waals surface area contributed by atoms with Crippen LogP contribution in [0.25, 0.3) is 5.69 Å². The van der Waals surface area contributed by atoms with Crippen LogP contribution in [0.15, 0.2) is 53.4 Å². The normalized spacial score (nSPS) is 13.3. The summed E-state index contributed by atoms with van der Waals surface area (Å²) in [7, 11) is -3.80. The molecule has 10 heteroatoms. The molecule has 0 atom stereocenters. The van der Waals surface area contributed by atoms with Gasteiger partial charge in [0.2, 0.25) is 15.8 Å². The number of fused-ring (bicyclic) bond motifs is 1. The highest BCUT2D eigenvalue weighted by molar-refractivity contribution is 7.89. The number of carbonyl (C=O) groups excluding carboxylic acids is 2. The maximum atomic E-state index is 12.8. The third kappa shape index (κ3) is 4.82. The molecule has 2 heterocycles. The SMILES string of the molecule is Cc1cc(C(=O)COC(=O)c2ccc3c(c2)OCCCO3)c(C)n1-c1ccc(S(N)(=O)=O)cc1. The van der Waals surface area contributed by atoms with Crippen LogP contribution >= 0.6 is 0 Å². The van der Waals surface area contributed by atoms with E-state index in [0.29, 0.717) is 41.7 Å². The minimum Gasteiger partial charge on any atom is -0.490 e. The van der Waals surface area contributed by atoms with Crippen molar-refractivity contribution in [2.45, 2.75) is 25.2 Å². The molecule has 178 valence electrons. The highest BCUT2D eigenvalue weighted by atomic mass is 32.2. The maximum Gasteiger partial charge on any atom is 0.338 e.